The molecule has 0 aromatic rings. The summed E-state index contributed by atoms with van der Waals surface area (Å²) in [5.41, 5.74) is 2.03. The maximum absolute atomic E-state index is 4.07. The molecule has 0 aromatic heterocycles. The van der Waals surface area contributed by atoms with Crippen LogP contribution in [0.15, 0.2) is 12.2 Å². The smallest absolute Gasteiger partial charge is 0.0263 e. The molecule has 2 unspecified atom stereocenters. The zero-order chi connectivity index (χ0) is 8.48. The second kappa shape index (κ2) is 3.00. The van der Waals surface area contributed by atoms with E-state index in [-0.39, 0.29) is 0 Å². The lowest BCUT2D eigenvalue weighted by molar-refractivity contribution is 0.0656. The highest BCUT2D eigenvalue weighted by molar-refractivity contribution is 5.03. The molecule has 0 heterocycles. The fraction of sp³-hybridized carbons (Fsp3) is 0.818. The van der Waals surface area contributed by atoms with Gasteiger partial charge in [-0.2, -0.15) is 0 Å². The Morgan fingerprint density at radius 2 is 2.27 bits per heavy atom. The third-order valence-corrected chi connectivity index (χ3v) is 3.49. The van der Waals surface area contributed by atoms with E-state index in [9.17, 15) is 0 Å². The minimum Gasteiger partial charge on any atom is -0.0999 e. The molecule has 0 amide bonds. The predicted molar refractivity (Wildman–Crippen MR) is 50.6 cm³/mol. The van der Waals surface area contributed by atoms with E-state index in [1.807, 2.05) is 0 Å². The summed E-state index contributed by atoms with van der Waals surface area (Å²) in [5.74, 6) is 0.922. The van der Waals surface area contributed by atoms with Gasteiger partial charge in [-0.15, -0.1) is 0 Å². The molecule has 1 rings (SSSR count). The van der Waals surface area contributed by atoms with Gasteiger partial charge in [0.25, 0.3) is 0 Å². The second-order valence-corrected chi connectivity index (χ2v) is 4.37. The van der Waals surface area contributed by atoms with Crippen molar-refractivity contribution < 1.29 is 0 Å². The lowest BCUT2D eigenvalue weighted by atomic mass is 9.59. The summed E-state index contributed by atoms with van der Waals surface area (Å²) in [6.07, 6.45) is 5.24. The van der Waals surface area contributed by atoms with Crippen molar-refractivity contribution in [1.29, 1.82) is 0 Å². The molecule has 0 spiro atoms. The van der Waals surface area contributed by atoms with Gasteiger partial charge in [0.05, 0.1) is 0 Å². The molecular weight excluding hydrogens is 132 g/mol. The van der Waals surface area contributed by atoms with E-state index in [4.69, 9.17) is 0 Å². The van der Waals surface area contributed by atoms with Gasteiger partial charge in [0.1, 0.15) is 0 Å². The summed E-state index contributed by atoms with van der Waals surface area (Å²) in [4.78, 5) is 0. The van der Waals surface area contributed by atoms with Crippen LogP contribution in [0.25, 0.3) is 0 Å². The van der Waals surface area contributed by atoms with E-state index in [1.165, 1.54) is 24.8 Å². The van der Waals surface area contributed by atoms with Crippen LogP contribution in [-0.2, 0) is 0 Å². The van der Waals surface area contributed by atoms with Gasteiger partial charge < -0.3 is 0 Å². The number of allylic oxidation sites excluding steroid dienone is 1. The molecule has 1 saturated carbocycles. The highest BCUT2D eigenvalue weighted by Gasteiger charge is 2.39. The van der Waals surface area contributed by atoms with Crippen molar-refractivity contribution in [2.75, 3.05) is 0 Å². The molecule has 0 bridgehead atoms. The molecule has 0 N–H and O–H groups in total. The van der Waals surface area contributed by atoms with Crippen molar-refractivity contribution >= 4 is 0 Å². The Labute approximate surface area is 70.7 Å². The Bertz CT molecular complexity index is 157. The molecule has 2 atom stereocenters. The fourth-order valence-corrected chi connectivity index (χ4v) is 1.88. The van der Waals surface area contributed by atoms with E-state index in [0.29, 0.717) is 5.41 Å². The minimum absolute atomic E-state index is 0.604. The van der Waals surface area contributed by atoms with Crippen molar-refractivity contribution in [3.63, 3.8) is 0 Å². The van der Waals surface area contributed by atoms with Gasteiger partial charge in [0, 0.05) is 0 Å². The van der Waals surface area contributed by atoms with Crippen LogP contribution >= 0.6 is 0 Å². The molecule has 0 aromatic carbocycles. The zero-order valence-corrected chi connectivity index (χ0v) is 8.11. The van der Waals surface area contributed by atoms with Crippen LogP contribution in [0.4, 0.5) is 0 Å². The Morgan fingerprint density at radius 1 is 1.64 bits per heavy atom. The first kappa shape index (κ1) is 8.83. The van der Waals surface area contributed by atoms with Gasteiger partial charge >= 0.3 is 0 Å². The van der Waals surface area contributed by atoms with Crippen molar-refractivity contribution in [2.24, 2.45) is 11.3 Å². The Morgan fingerprint density at radius 3 is 2.55 bits per heavy atom. The van der Waals surface area contributed by atoms with Crippen LogP contribution < -0.4 is 0 Å². The lowest BCUT2D eigenvalue weighted by Crippen LogP contribution is -2.35. The molecule has 0 heteroatoms. The van der Waals surface area contributed by atoms with Crippen molar-refractivity contribution in [3.05, 3.63) is 12.2 Å². The summed E-state index contributed by atoms with van der Waals surface area (Å²) >= 11 is 0. The molecule has 0 nitrogen and oxygen atoms in total. The Hall–Kier alpha value is -0.260. The monoisotopic (exact) mass is 152 g/mol. The summed E-state index contributed by atoms with van der Waals surface area (Å²) in [6.45, 7) is 11.1. The normalized spacial score (nSPS) is 36.5. The highest BCUT2D eigenvalue weighted by atomic mass is 14.4. The molecule has 1 aliphatic rings. The zero-order valence-electron chi connectivity index (χ0n) is 8.11. The summed E-state index contributed by atoms with van der Waals surface area (Å²) in [7, 11) is 0. The standard InChI is InChI=1S/C11H20/c1-5-9(2)8-11(4)7-6-10(11)3/h10H,2,5-8H2,1,3-4H3. The molecule has 1 fully saturated rings. The van der Waals surface area contributed by atoms with Crippen molar-refractivity contribution in [1.82, 2.24) is 0 Å². The van der Waals surface area contributed by atoms with E-state index < -0.39 is 0 Å². The average molecular weight is 152 g/mol. The first-order valence-electron chi connectivity index (χ1n) is 4.75. The van der Waals surface area contributed by atoms with Gasteiger partial charge in [-0.3, -0.25) is 0 Å². The summed E-state index contributed by atoms with van der Waals surface area (Å²) in [5, 5.41) is 0. The maximum atomic E-state index is 4.07. The molecule has 1 aliphatic carbocycles. The third kappa shape index (κ3) is 1.66. The highest BCUT2D eigenvalue weighted by Crippen LogP contribution is 2.50. The van der Waals surface area contributed by atoms with Crippen LogP contribution in [0.1, 0.15) is 46.5 Å². The number of hydrogen-bond donors (Lipinski definition) is 0. The fourth-order valence-electron chi connectivity index (χ4n) is 1.88. The number of hydrogen-bond acceptors (Lipinski definition) is 0. The van der Waals surface area contributed by atoms with Crippen LogP contribution in [-0.4, -0.2) is 0 Å². The largest absolute Gasteiger partial charge is 0.0999 e. The average Bonchev–Trinajstić information content (AvgIpc) is 2.01. The van der Waals surface area contributed by atoms with E-state index in [0.717, 1.165) is 12.3 Å². The Kier molecular flexibility index (Phi) is 2.41. The first-order valence-corrected chi connectivity index (χ1v) is 4.75. The van der Waals surface area contributed by atoms with Gasteiger partial charge in [0.15, 0.2) is 0 Å². The van der Waals surface area contributed by atoms with E-state index in [2.05, 4.69) is 27.4 Å². The quantitative estimate of drug-likeness (QED) is 0.540. The second-order valence-electron chi connectivity index (χ2n) is 4.37. The predicted octanol–water partition coefficient (Wildman–Crippen LogP) is 3.78. The van der Waals surface area contributed by atoms with Crippen LogP contribution in [0.3, 0.4) is 0 Å². The lowest BCUT2D eigenvalue weighted by Gasteiger charge is -2.46. The van der Waals surface area contributed by atoms with Crippen molar-refractivity contribution in [2.45, 2.75) is 46.5 Å². The summed E-state index contributed by atoms with van der Waals surface area (Å²) < 4.78 is 0. The van der Waals surface area contributed by atoms with E-state index >= 15 is 0 Å². The molecule has 11 heavy (non-hydrogen) atoms. The molecule has 0 radical (unpaired) electrons. The SMILES string of the molecule is C=C(CC)CC1(C)CCC1C. The van der Waals surface area contributed by atoms with Gasteiger partial charge in [0.2, 0.25) is 0 Å². The summed E-state index contributed by atoms with van der Waals surface area (Å²) in [6, 6.07) is 0. The topological polar surface area (TPSA) is 0 Å². The first-order chi connectivity index (χ1) is 5.08. The molecule has 0 saturated heterocycles. The van der Waals surface area contributed by atoms with Crippen molar-refractivity contribution in [3.8, 4) is 0 Å². The van der Waals surface area contributed by atoms with Gasteiger partial charge in [-0.25, -0.2) is 0 Å². The Balaban J connectivity index is 2.41. The van der Waals surface area contributed by atoms with Gasteiger partial charge in [-0.05, 0) is 37.0 Å². The van der Waals surface area contributed by atoms with Crippen LogP contribution in [0.5, 0.6) is 0 Å². The van der Waals surface area contributed by atoms with E-state index in [1.54, 1.807) is 0 Å². The molecule has 0 aliphatic heterocycles. The maximum Gasteiger partial charge on any atom is -0.0263 e. The van der Waals surface area contributed by atoms with Crippen LogP contribution in [0.2, 0.25) is 0 Å². The minimum atomic E-state index is 0.604. The van der Waals surface area contributed by atoms with Gasteiger partial charge in [-0.1, -0.05) is 32.9 Å². The molecular formula is C11H20. The number of rotatable bonds is 3. The molecule has 64 valence electrons. The third-order valence-electron chi connectivity index (χ3n) is 3.49. The van der Waals surface area contributed by atoms with Crippen LogP contribution in [0, 0.1) is 11.3 Å².